The van der Waals surface area contributed by atoms with Crippen molar-refractivity contribution in [2.45, 2.75) is 6.42 Å². The molecule has 11 heavy (non-hydrogen) atoms. The Morgan fingerprint density at radius 3 is 1.91 bits per heavy atom. The molecule has 2 aliphatic rings. The van der Waals surface area contributed by atoms with E-state index in [1.807, 2.05) is 0 Å². The Kier molecular flexibility index (Phi) is 1.34. The van der Waals surface area contributed by atoms with Gasteiger partial charge in [-0.15, -0.1) is 10.2 Å². The van der Waals surface area contributed by atoms with Crippen molar-refractivity contribution in [1.29, 1.82) is 0 Å². The fraction of sp³-hybridized carbons (Fsp3) is 0.714. The molecular weight excluding hydrogens is 144 g/mol. The van der Waals surface area contributed by atoms with Gasteiger partial charge in [0, 0.05) is 11.8 Å². The minimum Gasteiger partial charge on any atom is -0.483 e. The lowest BCUT2D eigenvalue weighted by Gasteiger charge is -2.08. The first-order valence-electron chi connectivity index (χ1n) is 3.60. The Labute approximate surface area is 64.9 Å². The molecule has 0 aromatic rings. The monoisotopic (exact) mass is 154 g/mol. The Bertz CT molecular complexity index is 211. The van der Waals surface area contributed by atoms with E-state index in [1.54, 1.807) is 14.2 Å². The first-order valence-corrected chi connectivity index (χ1v) is 3.60. The molecule has 4 heteroatoms. The fourth-order valence-electron chi connectivity index (χ4n) is 1.37. The summed E-state index contributed by atoms with van der Waals surface area (Å²) in [7, 11) is 3.25. The van der Waals surface area contributed by atoms with Gasteiger partial charge in [0.25, 0.3) is 0 Å². The van der Waals surface area contributed by atoms with E-state index in [9.17, 15) is 0 Å². The molecule has 2 rings (SSSR count). The molecule has 1 saturated carbocycles. The number of hydrogen-bond donors (Lipinski definition) is 0. The van der Waals surface area contributed by atoms with E-state index in [1.165, 1.54) is 0 Å². The van der Waals surface area contributed by atoms with E-state index >= 15 is 0 Å². The maximum absolute atomic E-state index is 5.03. The lowest BCUT2D eigenvalue weighted by atomic mass is 10.3. The summed E-state index contributed by atoms with van der Waals surface area (Å²) in [6.45, 7) is 0. The summed E-state index contributed by atoms with van der Waals surface area (Å²) in [4.78, 5) is 0. The van der Waals surface area contributed by atoms with Crippen molar-refractivity contribution in [3.8, 4) is 0 Å². The summed E-state index contributed by atoms with van der Waals surface area (Å²) in [5.41, 5.74) is 0. The zero-order valence-corrected chi connectivity index (χ0v) is 6.57. The molecule has 0 radical (unpaired) electrons. The molecule has 2 unspecified atom stereocenters. The largest absolute Gasteiger partial charge is 0.483 e. The van der Waals surface area contributed by atoms with Crippen molar-refractivity contribution in [2.24, 2.45) is 22.0 Å². The average Bonchev–Trinajstić information content (AvgIpc) is 2.81. The molecule has 0 N–H and O–H groups in total. The maximum atomic E-state index is 5.03. The molecule has 1 aliphatic carbocycles. The molecule has 0 spiro atoms. The van der Waals surface area contributed by atoms with Crippen LogP contribution in [0.25, 0.3) is 0 Å². The summed E-state index contributed by atoms with van der Waals surface area (Å²) < 4.78 is 10.1. The second kappa shape index (κ2) is 2.22. The zero-order valence-electron chi connectivity index (χ0n) is 6.57. The van der Waals surface area contributed by atoms with Gasteiger partial charge in [0.05, 0.1) is 14.2 Å². The highest BCUT2D eigenvalue weighted by atomic mass is 16.5. The van der Waals surface area contributed by atoms with Crippen molar-refractivity contribution in [3.63, 3.8) is 0 Å². The van der Waals surface area contributed by atoms with Crippen molar-refractivity contribution >= 4 is 11.8 Å². The number of hydrogen-bond acceptors (Lipinski definition) is 4. The molecule has 0 saturated heterocycles. The quantitative estimate of drug-likeness (QED) is 0.514. The second-order valence-corrected chi connectivity index (χ2v) is 2.73. The smallest absolute Gasteiger partial charge is 0.212 e. The lowest BCUT2D eigenvalue weighted by Crippen LogP contribution is -2.15. The zero-order chi connectivity index (χ0) is 7.84. The average molecular weight is 154 g/mol. The summed E-state index contributed by atoms with van der Waals surface area (Å²) in [5, 5.41) is 7.76. The van der Waals surface area contributed by atoms with Gasteiger partial charge in [0.1, 0.15) is 0 Å². The standard InChI is InChI=1S/C7H10N2O2/c1-10-6-4-3-5(4)7(11-2)9-8-6/h4-5H,3H2,1-2H3. The third-order valence-electron chi connectivity index (χ3n) is 2.09. The second-order valence-electron chi connectivity index (χ2n) is 2.73. The van der Waals surface area contributed by atoms with Crippen LogP contribution in [0.4, 0.5) is 0 Å². The molecule has 0 amide bonds. The Morgan fingerprint density at radius 1 is 1.09 bits per heavy atom. The van der Waals surface area contributed by atoms with Crippen molar-refractivity contribution in [3.05, 3.63) is 0 Å². The number of nitrogens with zero attached hydrogens (tertiary/aromatic N) is 2. The molecule has 0 bridgehead atoms. The highest BCUT2D eigenvalue weighted by molar-refractivity contribution is 5.95. The minimum absolute atomic E-state index is 0.437. The van der Waals surface area contributed by atoms with Gasteiger partial charge >= 0.3 is 0 Å². The van der Waals surface area contributed by atoms with Crippen LogP contribution in [0, 0.1) is 11.8 Å². The molecule has 0 aromatic heterocycles. The molecule has 60 valence electrons. The number of rotatable bonds is 0. The number of fused-ring (bicyclic) bond motifs is 1. The SMILES string of the molecule is COC1=NN=C(OC)C2CC12. The molecule has 4 nitrogen and oxygen atoms in total. The summed E-state index contributed by atoms with van der Waals surface area (Å²) >= 11 is 0. The summed E-state index contributed by atoms with van der Waals surface area (Å²) in [5.74, 6) is 2.37. The highest BCUT2D eigenvalue weighted by Crippen LogP contribution is 2.43. The molecule has 1 aliphatic heterocycles. The number of methoxy groups -OCH3 is 2. The van der Waals surface area contributed by atoms with Gasteiger partial charge < -0.3 is 9.47 Å². The van der Waals surface area contributed by atoms with Crippen molar-refractivity contribution < 1.29 is 9.47 Å². The third-order valence-corrected chi connectivity index (χ3v) is 2.09. The summed E-state index contributed by atoms with van der Waals surface area (Å²) in [6.07, 6.45) is 1.07. The third kappa shape index (κ3) is 0.895. The van der Waals surface area contributed by atoms with E-state index < -0.39 is 0 Å². The lowest BCUT2D eigenvalue weighted by molar-refractivity contribution is 0.360. The fourth-order valence-corrected chi connectivity index (χ4v) is 1.37. The van der Waals surface area contributed by atoms with E-state index in [2.05, 4.69) is 10.2 Å². The molecule has 1 heterocycles. The Morgan fingerprint density at radius 2 is 1.55 bits per heavy atom. The van der Waals surface area contributed by atoms with E-state index in [-0.39, 0.29) is 0 Å². The van der Waals surface area contributed by atoms with E-state index in [0.717, 1.165) is 18.2 Å². The van der Waals surface area contributed by atoms with Gasteiger partial charge in [-0.25, -0.2) is 0 Å². The highest BCUT2D eigenvalue weighted by Gasteiger charge is 2.49. The Hall–Kier alpha value is -1.06. The maximum Gasteiger partial charge on any atom is 0.212 e. The van der Waals surface area contributed by atoms with Crippen LogP contribution in [0.1, 0.15) is 6.42 Å². The Balaban J connectivity index is 2.19. The first kappa shape index (κ1) is 6.64. The summed E-state index contributed by atoms with van der Waals surface area (Å²) in [6, 6.07) is 0. The van der Waals surface area contributed by atoms with Crippen molar-refractivity contribution in [2.75, 3.05) is 14.2 Å². The molecule has 2 atom stereocenters. The van der Waals surface area contributed by atoms with Crippen LogP contribution in [-0.2, 0) is 9.47 Å². The van der Waals surface area contributed by atoms with Crippen LogP contribution in [0.2, 0.25) is 0 Å². The minimum atomic E-state index is 0.437. The number of ether oxygens (including phenoxy) is 2. The molecule has 1 fully saturated rings. The van der Waals surface area contributed by atoms with Crippen LogP contribution < -0.4 is 0 Å². The van der Waals surface area contributed by atoms with E-state index in [0.29, 0.717) is 11.8 Å². The van der Waals surface area contributed by atoms with Crippen LogP contribution in [-0.4, -0.2) is 26.0 Å². The normalized spacial score (nSPS) is 33.3. The van der Waals surface area contributed by atoms with Crippen LogP contribution in [0.15, 0.2) is 10.2 Å². The van der Waals surface area contributed by atoms with Crippen LogP contribution in [0.3, 0.4) is 0 Å². The predicted molar refractivity (Wildman–Crippen MR) is 40.5 cm³/mol. The van der Waals surface area contributed by atoms with Crippen molar-refractivity contribution in [1.82, 2.24) is 0 Å². The van der Waals surface area contributed by atoms with Crippen LogP contribution >= 0.6 is 0 Å². The molecular formula is C7H10N2O2. The molecule has 0 aromatic carbocycles. The topological polar surface area (TPSA) is 43.2 Å². The van der Waals surface area contributed by atoms with Gasteiger partial charge in [-0.05, 0) is 6.42 Å². The van der Waals surface area contributed by atoms with Gasteiger partial charge in [-0.3, -0.25) is 0 Å². The van der Waals surface area contributed by atoms with E-state index in [4.69, 9.17) is 9.47 Å². The van der Waals surface area contributed by atoms with Gasteiger partial charge in [-0.1, -0.05) is 0 Å². The first-order chi connectivity index (χ1) is 5.36. The van der Waals surface area contributed by atoms with Gasteiger partial charge in [0.15, 0.2) is 0 Å². The van der Waals surface area contributed by atoms with Crippen LogP contribution in [0.5, 0.6) is 0 Å². The van der Waals surface area contributed by atoms with Gasteiger partial charge in [0.2, 0.25) is 11.8 Å². The van der Waals surface area contributed by atoms with Gasteiger partial charge in [-0.2, -0.15) is 0 Å². The predicted octanol–water partition coefficient (Wildman–Crippen LogP) is 0.641.